The van der Waals surface area contributed by atoms with Crippen molar-refractivity contribution in [3.63, 3.8) is 0 Å². The predicted molar refractivity (Wildman–Crippen MR) is 118 cm³/mol. The van der Waals surface area contributed by atoms with Crippen molar-refractivity contribution in [2.24, 2.45) is 0 Å². The van der Waals surface area contributed by atoms with Crippen LogP contribution in [0.3, 0.4) is 0 Å². The number of allylic oxidation sites excluding steroid dienone is 2. The summed E-state index contributed by atoms with van der Waals surface area (Å²) >= 11 is 0. The van der Waals surface area contributed by atoms with E-state index in [9.17, 15) is 35.9 Å². The van der Waals surface area contributed by atoms with Crippen LogP contribution >= 0.6 is 0 Å². The van der Waals surface area contributed by atoms with Crippen LogP contribution in [-0.4, -0.2) is 45.3 Å². The highest BCUT2D eigenvalue weighted by molar-refractivity contribution is 5.73. The summed E-state index contributed by atoms with van der Waals surface area (Å²) in [5.41, 5.74) is -0.736. The molecule has 1 aliphatic rings. The Kier molecular flexibility index (Phi) is 8.59. The first-order chi connectivity index (χ1) is 17.8. The number of nitrogens with zero attached hydrogens (tertiary/aromatic N) is 3. The number of carbonyl (C=O) groups excluding carboxylic acids is 1. The maximum atomic E-state index is 14.5. The first kappa shape index (κ1) is 28.8. The number of anilines is 1. The number of nitrogens with two attached hydrogens (primary N) is 1. The number of alkyl halides is 6. The van der Waals surface area contributed by atoms with Gasteiger partial charge in [-0.3, -0.25) is 4.79 Å². The van der Waals surface area contributed by atoms with Crippen LogP contribution in [0.2, 0.25) is 0 Å². The van der Waals surface area contributed by atoms with Gasteiger partial charge in [0.15, 0.2) is 5.69 Å². The van der Waals surface area contributed by atoms with Crippen molar-refractivity contribution in [3.8, 4) is 11.6 Å². The first-order valence-electron chi connectivity index (χ1n) is 11.2. The average Bonchev–Trinajstić information content (AvgIpc) is 3.31. The number of pyridine rings is 1. The number of carboxylic acid groups (broad SMARTS) is 1. The third-order valence-corrected chi connectivity index (χ3v) is 5.59. The standard InChI is InChI=1S/C23H22F6N4O5/c24-22(25,26)14-10-15(30)18(31-16(14)11-17(35)36)19-32-33-20(38-19)21(23(27,28)29,8-4-5-9-34)37-12-13-6-2-1-3-7-13/h2,6-7,9-10H,1,3-5,8,11-12,30H2,(H,35,36). The van der Waals surface area contributed by atoms with Crippen LogP contribution in [0.1, 0.15) is 49.3 Å². The van der Waals surface area contributed by atoms with Gasteiger partial charge in [-0.15, -0.1) is 10.2 Å². The molecule has 0 saturated carbocycles. The number of ether oxygens (including phenoxy) is 1. The Morgan fingerprint density at radius 2 is 1.92 bits per heavy atom. The molecule has 1 atom stereocenters. The molecule has 15 heteroatoms. The van der Waals surface area contributed by atoms with Crippen LogP contribution < -0.4 is 5.73 Å². The Balaban J connectivity index is 2.09. The summed E-state index contributed by atoms with van der Waals surface area (Å²) in [4.78, 5) is 25.5. The van der Waals surface area contributed by atoms with E-state index in [2.05, 4.69) is 15.2 Å². The van der Waals surface area contributed by atoms with Crippen LogP contribution in [0.25, 0.3) is 11.6 Å². The molecule has 1 aliphatic carbocycles. The van der Waals surface area contributed by atoms with E-state index in [4.69, 9.17) is 20.0 Å². The maximum absolute atomic E-state index is 14.5. The van der Waals surface area contributed by atoms with E-state index >= 15 is 0 Å². The van der Waals surface area contributed by atoms with Crippen LogP contribution in [-0.2, 0) is 32.5 Å². The summed E-state index contributed by atoms with van der Waals surface area (Å²) in [7, 11) is 0. The highest BCUT2D eigenvalue weighted by Crippen LogP contribution is 2.46. The van der Waals surface area contributed by atoms with Crippen molar-refractivity contribution in [2.75, 3.05) is 12.3 Å². The summed E-state index contributed by atoms with van der Waals surface area (Å²) in [6.45, 7) is -0.488. The molecule has 3 rings (SSSR count). The zero-order valence-corrected chi connectivity index (χ0v) is 19.6. The molecule has 3 N–H and O–H groups in total. The van der Waals surface area contributed by atoms with Crippen molar-refractivity contribution in [2.45, 2.75) is 56.5 Å². The number of carbonyl (C=O) groups is 2. The quantitative estimate of drug-likeness (QED) is 0.231. The maximum Gasteiger partial charge on any atom is 0.426 e. The van der Waals surface area contributed by atoms with Crippen molar-refractivity contribution in [1.29, 1.82) is 0 Å². The van der Waals surface area contributed by atoms with E-state index in [1.165, 1.54) is 0 Å². The fraction of sp³-hybridized carbons (Fsp3) is 0.435. The normalized spacial score (nSPS) is 15.7. The van der Waals surface area contributed by atoms with Gasteiger partial charge < -0.3 is 24.8 Å². The van der Waals surface area contributed by atoms with E-state index in [1.54, 1.807) is 18.2 Å². The lowest BCUT2D eigenvalue weighted by atomic mass is 9.95. The summed E-state index contributed by atoms with van der Waals surface area (Å²) in [6, 6.07) is 0.393. The summed E-state index contributed by atoms with van der Waals surface area (Å²) in [6.07, 6.45) is -5.75. The van der Waals surface area contributed by atoms with Gasteiger partial charge in [0.05, 0.1) is 30.0 Å². The van der Waals surface area contributed by atoms with Gasteiger partial charge in [0.25, 0.3) is 11.8 Å². The zero-order valence-electron chi connectivity index (χ0n) is 19.6. The molecule has 0 radical (unpaired) electrons. The number of halogens is 6. The smallest absolute Gasteiger partial charge is 0.426 e. The van der Waals surface area contributed by atoms with Crippen LogP contribution in [0, 0.1) is 0 Å². The lowest BCUT2D eigenvalue weighted by molar-refractivity contribution is -0.293. The van der Waals surface area contributed by atoms with Gasteiger partial charge in [-0.1, -0.05) is 18.2 Å². The number of rotatable bonds is 11. The van der Waals surface area contributed by atoms with Gasteiger partial charge in [0.2, 0.25) is 5.60 Å². The fourth-order valence-electron chi connectivity index (χ4n) is 3.75. The predicted octanol–water partition coefficient (Wildman–Crippen LogP) is 4.78. The lowest BCUT2D eigenvalue weighted by Gasteiger charge is -2.32. The third-order valence-electron chi connectivity index (χ3n) is 5.59. The van der Waals surface area contributed by atoms with Gasteiger partial charge in [-0.05, 0) is 37.3 Å². The lowest BCUT2D eigenvalue weighted by Crippen LogP contribution is -2.45. The molecular weight excluding hydrogens is 526 g/mol. The monoisotopic (exact) mass is 548 g/mol. The number of hydrogen-bond acceptors (Lipinski definition) is 8. The summed E-state index contributed by atoms with van der Waals surface area (Å²) in [5, 5.41) is 15.9. The Morgan fingerprint density at radius 1 is 1.18 bits per heavy atom. The van der Waals surface area contributed by atoms with Crippen LogP contribution in [0.15, 0.2) is 34.3 Å². The van der Waals surface area contributed by atoms with E-state index in [1.807, 2.05) is 0 Å². The van der Waals surface area contributed by atoms with Crippen molar-refractivity contribution >= 4 is 17.9 Å². The van der Waals surface area contributed by atoms with Crippen molar-refractivity contribution in [1.82, 2.24) is 15.2 Å². The van der Waals surface area contributed by atoms with Crippen LogP contribution in [0.5, 0.6) is 0 Å². The molecule has 0 fully saturated rings. The highest BCUT2D eigenvalue weighted by Gasteiger charge is 2.61. The molecular formula is C23H22F6N4O5. The Labute approximate surface area is 211 Å². The number of aldehydes is 1. The summed E-state index contributed by atoms with van der Waals surface area (Å²) < 4.78 is 94.3. The molecule has 0 bridgehead atoms. The number of hydrogen-bond donors (Lipinski definition) is 2. The second kappa shape index (κ2) is 11.3. The fourth-order valence-corrected chi connectivity index (χ4v) is 3.75. The topological polar surface area (TPSA) is 141 Å². The molecule has 0 saturated heterocycles. The molecule has 206 valence electrons. The van der Waals surface area contributed by atoms with E-state index in [0.29, 0.717) is 30.8 Å². The van der Waals surface area contributed by atoms with Gasteiger partial charge in [-0.2, -0.15) is 26.3 Å². The SMILES string of the molecule is Nc1cc(C(F)(F)F)c(CC(=O)O)nc1-c1nnc(C(CCCC=O)(OCC2=CCCC=C2)C(F)(F)F)o1. The largest absolute Gasteiger partial charge is 0.481 e. The zero-order chi connectivity index (χ0) is 28.1. The van der Waals surface area contributed by atoms with Gasteiger partial charge in [0.1, 0.15) is 6.29 Å². The molecule has 0 spiro atoms. The van der Waals surface area contributed by atoms with Crippen molar-refractivity contribution < 1.29 is 50.2 Å². The first-order valence-corrected chi connectivity index (χ1v) is 11.2. The molecule has 2 heterocycles. The molecule has 2 aromatic rings. The van der Waals surface area contributed by atoms with E-state index in [0.717, 1.165) is 0 Å². The minimum Gasteiger partial charge on any atom is -0.481 e. The second-order valence-electron chi connectivity index (χ2n) is 8.33. The molecule has 2 aromatic heterocycles. The van der Waals surface area contributed by atoms with Gasteiger partial charge in [-0.25, -0.2) is 4.98 Å². The average molecular weight is 548 g/mol. The molecule has 0 aliphatic heterocycles. The number of nitrogen functional groups attached to an aromatic ring is 1. The Hall–Kier alpha value is -3.75. The minimum absolute atomic E-state index is 0.225. The third kappa shape index (κ3) is 6.38. The van der Waals surface area contributed by atoms with E-state index < -0.39 is 77.8 Å². The number of aromatic nitrogens is 3. The van der Waals surface area contributed by atoms with E-state index in [-0.39, 0.29) is 12.8 Å². The minimum atomic E-state index is -5.12. The Morgan fingerprint density at radius 3 is 2.50 bits per heavy atom. The molecule has 38 heavy (non-hydrogen) atoms. The molecule has 9 nitrogen and oxygen atoms in total. The molecule has 1 unspecified atom stereocenters. The van der Waals surface area contributed by atoms with Gasteiger partial charge in [0, 0.05) is 6.42 Å². The highest BCUT2D eigenvalue weighted by atomic mass is 19.4. The molecule has 0 amide bonds. The Bertz CT molecular complexity index is 1240. The van der Waals surface area contributed by atoms with Gasteiger partial charge >= 0.3 is 18.3 Å². The van der Waals surface area contributed by atoms with Crippen LogP contribution in [0.4, 0.5) is 32.0 Å². The number of carboxylic acids is 1. The summed E-state index contributed by atoms with van der Waals surface area (Å²) in [5.74, 6) is -3.50. The molecule has 0 aromatic carbocycles. The van der Waals surface area contributed by atoms with Crippen molar-refractivity contribution in [3.05, 3.63) is 47.0 Å². The number of unbranched alkanes of at least 4 members (excludes halogenated alkanes) is 1. The second-order valence-corrected chi connectivity index (χ2v) is 8.33. The number of aliphatic carboxylic acids is 1.